The molecular formula is C6H11O2P. The maximum atomic E-state index is 10.5. The van der Waals surface area contributed by atoms with E-state index in [0.717, 1.165) is 0 Å². The summed E-state index contributed by atoms with van der Waals surface area (Å²) in [6.45, 7) is 3.48. The molecule has 0 aromatic rings. The number of rotatable bonds is 4. The van der Waals surface area contributed by atoms with Crippen molar-refractivity contribution in [1.29, 1.82) is 0 Å². The maximum Gasteiger partial charge on any atom is 0.306 e. The van der Waals surface area contributed by atoms with Crippen LogP contribution in [0.4, 0.5) is 0 Å². The summed E-state index contributed by atoms with van der Waals surface area (Å²) in [4.78, 5) is 10.5. The van der Waals surface area contributed by atoms with Gasteiger partial charge in [-0.2, -0.15) is 0 Å². The third-order valence-corrected chi connectivity index (χ3v) is 0.964. The Morgan fingerprint density at radius 3 is 2.89 bits per heavy atom. The lowest BCUT2D eigenvalue weighted by Crippen LogP contribution is -2.00. The molecule has 0 saturated carbocycles. The molecule has 0 amide bonds. The van der Waals surface area contributed by atoms with E-state index in [0.29, 0.717) is 19.2 Å². The number of esters is 1. The van der Waals surface area contributed by atoms with Crippen LogP contribution in [0.3, 0.4) is 0 Å². The number of carbonyl (C=O) groups excluding carboxylic acids is 1. The molecular weight excluding hydrogens is 135 g/mol. The van der Waals surface area contributed by atoms with Gasteiger partial charge in [-0.25, -0.2) is 0 Å². The zero-order valence-electron chi connectivity index (χ0n) is 5.30. The van der Waals surface area contributed by atoms with Gasteiger partial charge in [-0.1, -0.05) is 15.3 Å². The first-order chi connectivity index (χ1) is 4.31. The van der Waals surface area contributed by atoms with Crippen LogP contribution in [-0.4, -0.2) is 12.3 Å². The van der Waals surface area contributed by atoms with Gasteiger partial charge in [0.25, 0.3) is 0 Å². The van der Waals surface area contributed by atoms with E-state index in [2.05, 4.69) is 20.6 Å². The lowest BCUT2D eigenvalue weighted by molar-refractivity contribution is -0.141. The van der Waals surface area contributed by atoms with Crippen LogP contribution >= 0.6 is 9.24 Å². The van der Waals surface area contributed by atoms with Gasteiger partial charge in [0.1, 0.15) is 6.35 Å². The van der Waals surface area contributed by atoms with E-state index in [-0.39, 0.29) is 5.97 Å². The van der Waals surface area contributed by atoms with E-state index in [1.54, 1.807) is 6.08 Å². The van der Waals surface area contributed by atoms with E-state index >= 15 is 0 Å². The highest BCUT2D eigenvalue weighted by atomic mass is 31.0. The summed E-state index contributed by atoms with van der Waals surface area (Å²) in [7, 11) is 2.32. The highest BCUT2D eigenvalue weighted by Gasteiger charge is 1.96. The second-order valence-electron chi connectivity index (χ2n) is 1.51. The predicted molar refractivity (Wildman–Crippen MR) is 40.1 cm³/mol. The summed E-state index contributed by atoms with van der Waals surface area (Å²) in [6.07, 6.45) is 3.22. The summed E-state index contributed by atoms with van der Waals surface area (Å²) in [6, 6.07) is 0. The first-order valence-corrected chi connectivity index (χ1v) is 3.59. The SMILES string of the molecule is C=CCCC(=O)OCP. The second-order valence-corrected chi connectivity index (χ2v) is 1.84. The summed E-state index contributed by atoms with van der Waals surface area (Å²) >= 11 is 0. The van der Waals surface area contributed by atoms with Gasteiger partial charge < -0.3 is 4.74 Å². The molecule has 52 valence electrons. The van der Waals surface area contributed by atoms with Crippen LogP contribution in [0.5, 0.6) is 0 Å². The zero-order chi connectivity index (χ0) is 7.11. The Balaban J connectivity index is 3.16. The Morgan fingerprint density at radius 2 is 2.44 bits per heavy atom. The molecule has 3 heteroatoms. The Morgan fingerprint density at radius 1 is 1.78 bits per heavy atom. The van der Waals surface area contributed by atoms with E-state index < -0.39 is 0 Å². The average molecular weight is 146 g/mol. The van der Waals surface area contributed by atoms with Crippen LogP contribution < -0.4 is 0 Å². The molecule has 0 aliphatic heterocycles. The minimum Gasteiger partial charge on any atom is -0.462 e. The molecule has 9 heavy (non-hydrogen) atoms. The van der Waals surface area contributed by atoms with E-state index in [1.807, 2.05) is 0 Å². The van der Waals surface area contributed by atoms with Gasteiger partial charge in [-0.3, -0.25) is 4.79 Å². The van der Waals surface area contributed by atoms with Gasteiger partial charge in [-0.15, -0.1) is 6.58 Å². The molecule has 0 N–H and O–H groups in total. The predicted octanol–water partition coefficient (Wildman–Crippen LogP) is 1.33. The fraction of sp³-hybridized carbons (Fsp3) is 0.500. The van der Waals surface area contributed by atoms with Crippen LogP contribution in [0, 0.1) is 0 Å². The maximum absolute atomic E-state index is 10.5. The summed E-state index contributed by atoms with van der Waals surface area (Å²) < 4.78 is 4.62. The van der Waals surface area contributed by atoms with Gasteiger partial charge >= 0.3 is 5.97 Å². The molecule has 0 heterocycles. The van der Waals surface area contributed by atoms with Crippen LogP contribution in [0.1, 0.15) is 12.8 Å². The van der Waals surface area contributed by atoms with Gasteiger partial charge in [0.2, 0.25) is 0 Å². The Labute approximate surface area is 57.5 Å². The summed E-state index contributed by atoms with van der Waals surface area (Å²) in [5.74, 6) is -0.162. The van der Waals surface area contributed by atoms with Crippen LogP contribution in [0.25, 0.3) is 0 Å². The molecule has 0 radical (unpaired) electrons. The molecule has 0 saturated heterocycles. The number of hydrogen-bond donors (Lipinski definition) is 0. The van der Waals surface area contributed by atoms with Crippen molar-refractivity contribution in [1.82, 2.24) is 0 Å². The molecule has 0 spiro atoms. The minimum atomic E-state index is -0.162. The smallest absolute Gasteiger partial charge is 0.306 e. The van der Waals surface area contributed by atoms with Crippen molar-refractivity contribution in [3.8, 4) is 0 Å². The fourth-order valence-corrected chi connectivity index (χ4v) is 0.571. The Kier molecular flexibility index (Phi) is 5.54. The third kappa shape index (κ3) is 5.51. The first-order valence-electron chi connectivity index (χ1n) is 2.78. The van der Waals surface area contributed by atoms with Gasteiger partial charge in [0, 0.05) is 6.42 Å². The van der Waals surface area contributed by atoms with Crippen molar-refractivity contribution in [3.63, 3.8) is 0 Å². The van der Waals surface area contributed by atoms with Gasteiger partial charge in [0.05, 0.1) is 0 Å². The Hall–Kier alpha value is -0.360. The molecule has 1 unspecified atom stereocenters. The first kappa shape index (κ1) is 8.64. The molecule has 0 bridgehead atoms. The molecule has 2 nitrogen and oxygen atoms in total. The highest BCUT2D eigenvalue weighted by molar-refractivity contribution is 7.16. The number of allylic oxidation sites excluding steroid dienone is 1. The molecule has 0 rings (SSSR count). The molecule has 0 aromatic heterocycles. The quantitative estimate of drug-likeness (QED) is 0.339. The van der Waals surface area contributed by atoms with Gasteiger partial charge in [0.15, 0.2) is 0 Å². The number of hydrogen-bond acceptors (Lipinski definition) is 2. The van der Waals surface area contributed by atoms with Crippen molar-refractivity contribution in [2.24, 2.45) is 0 Å². The normalized spacial score (nSPS) is 8.56. The second kappa shape index (κ2) is 5.77. The monoisotopic (exact) mass is 146 g/mol. The zero-order valence-corrected chi connectivity index (χ0v) is 6.45. The van der Waals surface area contributed by atoms with E-state index in [1.165, 1.54) is 0 Å². The average Bonchev–Trinajstić information content (AvgIpc) is 1.85. The van der Waals surface area contributed by atoms with Crippen molar-refractivity contribution in [3.05, 3.63) is 12.7 Å². The van der Waals surface area contributed by atoms with Crippen molar-refractivity contribution in [2.75, 3.05) is 6.35 Å². The fourth-order valence-electron chi connectivity index (χ4n) is 0.385. The highest BCUT2D eigenvalue weighted by Crippen LogP contribution is 1.94. The van der Waals surface area contributed by atoms with Gasteiger partial charge in [-0.05, 0) is 6.42 Å². The largest absolute Gasteiger partial charge is 0.462 e. The lowest BCUT2D eigenvalue weighted by atomic mass is 10.3. The minimum absolute atomic E-state index is 0.162. The Bertz CT molecular complexity index is 101. The van der Waals surface area contributed by atoms with Crippen LogP contribution in [-0.2, 0) is 9.53 Å². The molecule has 0 aliphatic carbocycles. The number of carbonyl (C=O) groups is 1. The van der Waals surface area contributed by atoms with E-state index in [4.69, 9.17) is 0 Å². The summed E-state index contributed by atoms with van der Waals surface area (Å²) in [5, 5.41) is 0. The van der Waals surface area contributed by atoms with Crippen LogP contribution in [0.15, 0.2) is 12.7 Å². The third-order valence-electron chi connectivity index (χ3n) is 0.797. The standard InChI is InChI=1S/C6H11O2P/c1-2-3-4-6(7)8-5-9/h2H,1,3-5,9H2. The van der Waals surface area contributed by atoms with Crippen molar-refractivity contribution >= 4 is 15.2 Å². The van der Waals surface area contributed by atoms with E-state index in [9.17, 15) is 4.79 Å². The molecule has 0 aliphatic rings. The summed E-state index contributed by atoms with van der Waals surface area (Å²) in [5.41, 5.74) is 0. The number of ether oxygens (including phenoxy) is 1. The van der Waals surface area contributed by atoms with Crippen molar-refractivity contribution in [2.45, 2.75) is 12.8 Å². The molecule has 1 atom stereocenters. The molecule has 0 fully saturated rings. The van der Waals surface area contributed by atoms with Crippen molar-refractivity contribution < 1.29 is 9.53 Å². The topological polar surface area (TPSA) is 26.3 Å². The lowest BCUT2D eigenvalue weighted by Gasteiger charge is -1.96. The molecule has 0 aromatic carbocycles. The van der Waals surface area contributed by atoms with Crippen LogP contribution in [0.2, 0.25) is 0 Å².